The van der Waals surface area contributed by atoms with Crippen LogP contribution in [-0.4, -0.2) is 41.6 Å². The minimum atomic E-state index is 0.142. The first-order chi connectivity index (χ1) is 9.34. The molecule has 0 atom stereocenters. The van der Waals surface area contributed by atoms with E-state index in [0.29, 0.717) is 0 Å². The molecule has 1 fully saturated rings. The van der Waals surface area contributed by atoms with E-state index in [1.165, 1.54) is 4.88 Å². The monoisotopic (exact) mass is 275 g/mol. The number of hydrogen-bond donors (Lipinski definition) is 1. The van der Waals surface area contributed by atoms with E-state index in [0.717, 1.165) is 38.4 Å². The van der Waals surface area contributed by atoms with Crippen LogP contribution in [0.1, 0.15) is 15.4 Å². The molecule has 3 rings (SSSR count). The summed E-state index contributed by atoms with van der Waals surface area (Å²) in [6.07, 6.45) is 1.98. The lowest BCUT2D eigenvalue weighted by molar-refractivity contribution is 0.0725. The Morgan fingerprint density at radius 2 is 2.11 bits per heavy atom. The van der Waals surface area contributed by atoms with Crippen molar-refractivity contribution in [1.29, 1.82) is 0 Å². The second-order valence-electron chi connectivity index (χ2n) is 4.64. The van der Waals surface area contributed by atoms with E-state index in [1.807, 2.05) is 33.9 Å². The lowest BCUT2D eigenvalue weighted by Crippen LogP contribution is -2.46. The second kappa shape index (κ2) is 5.59. The van der Waals surface area contributed by atoms with Crippen molar-refractivity contribution in [3.8, 4) is 0 Å². The standard InChI is InChI=1S/C14H17N3OS/c18-14(16-8-5-15-6-9-16)13-4-1-7-17(13)11-12-3-2-10-19-12/h1-4,7,10,15H,5-6,8-9,11H2. The molecule has 1 N–H and O–H groups in total. The number of thiophene rings is 1. The van der Waals surface area contributed by atoms with Crippen molar-refractivity contribution in [2.24, 2.45) is 0 Å². The Morgan fingerprint density at radius 3 is 2.84 bits per heavy atom. The van der Waals surface area contributed by atoms with E-state index in [1.54, 1.807) is 11.3 Å². The van der Waals surface area contributed by atoms with Gasteiger partial charge in [-0.25, -0.2) is 0 Å². The van der Waals surface area contributed by atoms with E-state index in [4.69, 9.17) is 0 Å². The Balaban J connectivity index is 1.77. The predicted molar refractivity (Wildman–Crippen MR) is 76.6 cm³/mol. The molecule has 5 heteroatoms. The van der Waals surface area contributed by atoms with E-state index in [2.05, 4.69) is 16.8 Å². The number of hydrogen-bond acceptors (Lipinski definition) is 3. The molecule has 3 heterocycles. The van der Waals surface area contributed by atoms with Crippen molar-refractivity contribution >= 4 is 17.2 Å². The largest absolute Gasteiger partial charge is 0.338 e. The fraction of sp³-hybridized carbons (Fsp3) is 0.357. The Morgan fingerprint density at radius 1 is 1.26 bits per heavy atom. The summed E-state index contributed by atoms with van der Waals surface area (Å²) in [5.74, 6) is 0.142. The van der Waals surface area contributed by atoms with E-state index < -0.39 is 0 Å². The highest BCUT2D eigenvalue weighted by molar-refractivity contribution is 7.09. The summed E-state index contributed by atoms with van der Waals surface area (Å²) in [6.45, 7) is 4.14. The molecule has 1 amide bonds. The first-order valence-corrected chi connectivity index (χ1v) is 7.40. The van der Waals surface area contributed by atoms with Gasteiger partial charge in [0.25, 0.3) is 5.91 Å². The van der Waals surface area contributed by atoms with Crippen LogP contribution < -0.4 is 5.32 Å². The maximum absolute atomic E-state index is 12.5. The molecule has 0 unspecified atom stereocenters. The lowest BCUT2D eigenvalue weighted by atomic mass is 10.3. The van der Waals surface area contributed by atoms with E-state index >= 15 is 0 Å². The highest BCUT2D eigenvalue weighted by Gasteiger charge is 2.20. The van der Waals surface area contributed by atoms with Crippen molar-refractivity contribution in [1.82, 2.24) is 14.8 Å². The molecular formula is C14H17N3OS. The third kappa shape index (κ3) is 2.72. The molecule has 0 bridgehead atoms. The third-order valence-electron chi connectivity index (χ3n) is 3.36. The summed E-state index contributed by atoms with van der Waals surface area (Å²) in [4.78, 5) is 15.7. The highest BCUT2D eigenvalue weighted by Crippen LogP contribution is 2.14. The van der Waals surface area contributed by atoms with Gasteiger partial charge in [-0.15, -0.1) is 11.3 Å². The van der Waals surface area contributed by atoms with Gasteiger partial charge < -0.3 is 14.8 Å². The van der Waals surface area contributed by atoms with Gasteiger partial charge in [-0.1, -0.05) is 6.07 Å². The van der Waals surface area contributed by atoms with E-state index in [-0.39, 0.29) is 5.91 Å². The maximum Gasteiger partial charge on any atom is 0.270 e. The molecule has 1 aliphatic heterocycles. The number of aromatic nitrogens is 1. The normalized spacial score (nSPS) is 15.7. The number of nitrogens with one attached hydrogen (secondary N) is 1. The number of rotatable bonds is 3. The molecule has 19 heavy (non-hydrogen) atoms. The lowest BCUT2D eigenvalue weighted by Gasteiger charge is -2.27. The molecule has 0 spiro atoms. The third-order valence-corrected chi connectivity index (χ3v) is 4.22. The Kier molecular flexibility index (Phi) is 3.66. The summed E-state index contributed by atoms with van der Waals surface area (Å²) >= 11 is 1.72. The first-order valence-electron chi connectivity index (χ1n) is 6.52. The van der Waals surface area contributed by atoms with Gasteiger partial charge in [0.1, 0.15) is 5.69 Å². The quantitative estimate of drug-likeness (QED) is 0.924. The minimum Gasteiger partial charge on any atom is -0.338 e. The van der Waals surface area contributed by atoms with Crippen LogP contribution in [0.15, 0.2) is 35.8 Å². The summed E-state index contributed by atoms with van der Waals surface area (Å²) in [5.41, 5.74) is 0.787. The second-order valence-corrected chi connectivity index (χ2v) is 5.68. The van der Waals surface area contributed by atoms with Crippen LogP contribution in [-0.2, 0) is 6.54 Å². The van der Waals surface area contributed by atoms with Crippen LogP contribution in [0.2, 0.25) is 0 Å². The number of amides is 1. The van der Waals surface area contributed by atoms with Crippen molar-refractivity contribution in [3.05, 3.63) is 46.4 Å². The molecule has 100 valence electrons. The predicted octanol–water partition coefficient (Wildman–Crippen LogP) is 1.64. The summed E-state index contributed by atoms with van der Waals surface area (Å²) in [7, 11) is 0. The number of carbonyl (C=O) groups is 1. The number of nitrogens with zero attached hydrogens (tertiary/aromatic N) is 2. The fourth-order valence-electron chi connectivity index (χ4n) is 2.35. The van der Waals surface area contributed by atoms with Gasteiger partial charge in [-0.2, -0.15) is 0 Å². The smallest absolute Gasteiger partial charge is 0.270 e. The summed E-state index contributed by atoms with van der Waals surface area (Å²) in [6, 6.07) is 8.01. The van der Waals surface area contributed by atoms with Crippen LogP contribution in [0, 0.1) is 0 Å². The van der Waals surface area contributed by atoms with Crippen LogP contribution in [0.4, 0.5) is 0 Å². The van der Waals surface area contributed by atoms with Gasteiger partial charge in [0.15, 0.2) is 0 Å². The SMILES string of the molecule is O=C(c1cccn1Cc1cccs1)N1CCNCC1. The minimum absolute atomic E-state index is 0.142. The van der Waals surface area contributed by atoms with Crippen molar-refractivity contribution < 1.29 is 4.79 Å². The number of carbonyl (C=O) groups excluding carboxylic acids is 1. The van der Waals surface area contributed by atoms with Gasteiger partial charge in [0, 0.05) is 37.3 Å². The molecule has 4 nitrogen and oxygen atoms in total. The maximum atomic E-state index is 12.5. The van der Waals surface area contributed by atoms with Gasteiger partial charge in [-0.05, 0) is 23.6 Å². The van der Waals surface area contributed by atoms with Crippen molar-refractivity contribution in [2.45, 2.75) is 6.54 Å². The van der Waals surface area contributed by atoms with Crippen LogP contribution in [0.5, 0.6) is 0 Å². The van der Waals surface area contributed by atoms with Crippen LogP contribution in [0.25, 0.3) is 0 Å². The summed E-state index contributed by atoms with van der Waals surface area (Å²) < 4.78 is 2.04. The zero-order valence-corrected chi connectivity index (χ0v) is 11.5. The number of piperazine rings is 1. The van der Waals surface area contributed by atoms with Gasteiger partial charge in [0.05, 0.1) is 6.54 Å². The zero-order chi connectivity index (χ0) is 13.1. The molecule has 0 saturated carbocycles. The van der Waals surface area contributed by atoms with Crippen molar-refractivity contribution in [2.75, 3.05) is 26.2 Å². The zero-order valence-electron chi connectivity index (χ0n) is 10.7. The molecule has 2 aromatic heterocycles. The van der Waals surface area contributed by atoms with Gasteiger partial charge in [-0.3, -0.25) is 4.79 Å². The van der Waals surface area contributed by atoms with Gasteiger partial charge >= 0.3 is 0 Å². The Bertz CT molecular complexity index is 541. The average molecular weight is 275 g/mol. The highest BCUT2D eigenvalue weighted by atomic mass is 32.1. The molecule has 0 radical (unpaired) electrons. The van der Waals surface area contributed by atoms with Gasteiger partial charge in [0.2, 0.25) is 0 Å². The Hall–Kier alpha value is -1.59. The first kappa shape index (κ1) is 12.4. The molecule has 0 aliphatic carbocycles. The van der Waals surface area contributed by atoms with Crippen LogP contribution >= 0.6 is 11.3 Å². The molecule has 1 aliphatic rings. The Labute approximate surface area is 116 Å². The summed E-state index contributed by atoms with van der Waals surface area (Å²) in [5, 5.41) is 5.33. The molecule has 2 aromatic rings. The van der Waals surface area contributed by atoms with E-state index in [9.17, 15) is 4.79 Å². The van der Waals surface area contributed by atoms with Crippen LogP contribution in [0.3, 0.4) is 0 Å². The molecular weight excluding hydrogens is 258 g/mol. The molecule has 0 aromatic carbocycles. The van der Waals surface area contributed by atoms with Crippen molar-refractivity contribution in [3.63, 3.8) is 0 Å². The molecule has 1 saturated heterocycles. The topological polar surface area (TPSA) is 37.3 Å². The average Bonchev–Trinajstić information content (AvgIpc) is 3.11. The fourth-order valence-corrected chi connectivity index (χ4v) is 3.05.